The molecular formula is C19H29IN4OS. The fraction of sp³-hybridized carbons (Fsp3) is 0.474. The van der Waals surface area contributed by atoms with Gasteiger partial charge in [-0.3, -0.25) is 0 Å². The van der Waals surface area contributed by atoms with E-state index in [0.717, 1.165) is 54.9 Å². The van der Waals surface area contributed by atoms with Crippen LogP contribution >= 0.6 is 35.3 Å². The molecule has 0 amide bonds. The fourth-order valence-electron chi connectivity index (χ4n) is 2.35. The van der Waals surface area contributed by atoms with Crippen molar-refractivity contribution in [2.45, 2.75) is 40.2 Å². The summed E-state index contributed by atoms with van der Waals surface area (Å²) in [6, 6.07) is 9.94. The highest BCUT2D eigenvalue weighted by atomic mass is 127. The molecule has 1 aromatic heterocycles. The van der Waals surface area contributed by atoms with Crippen LogP contribution in [0.25, 0.3) is 0 Å². The van der Waals surface area contributed by atoms with Crippen molar-refractivity contribution < 1.29 is 4.74 Å². The highest BCUT2D eigenvalue weighted by Gasteiger charge is 2.04. The monoisotopic (exact) mass is 488 g/mol. The minimum Gasteiger partial charge on any atom is -0.494 e. The Labute approximate surface area is 177 Å². The van der Waals surface area contributed by atoms with Crippen LogP contribution in [0.1, 0.15) is 35.3 Å². The molecule has 0 aliphatic carbocycles. The molecule has 5 nitrogen and oxygen atoms in total. The molecule has 0 fully saturated rings. The van der Waals surface area contributed by atoms with E-state index in [4.69, 9.17) is 4.74 Å². The van der Waals surface area contributed by atoms with E-state index >= 15 is 0 Å². The minimum atomic E-state index is 0. The van der Waals surface area contributed by atoms with E-state index in [2.05, 4.69) is 27.5 Å². The maximum Gasteiger partial charge on any atom is 0.191 e. The van der Waals surface area contributed by atoms with Gasteiger partial charge in [0.2, 0.25) is 0 Å². The van der Waals surface area contributed by atoms with Gasteiger partial charge in [0, 0.05) is 18.0 Å². The lowest BCUT2D eigenvalue weighted by atomic mass is 10.3. The van der Waals surface area contributed by atoms with Crippen LogP contribution in [0, 0.1) is 13.8 Å². The van der Waals surface area contributed by atoms with Crippen LogP contribution in [0.15, 0.2) is 35.3 Å². The molecule has 0 aliphatic rings. The van der Waals surface area contributed by atoms with Crippen molar-refractivity contribution in [2.24, 2.45) is 4.99 Å². The Kier molecular flexibility index (Phi) is 11.3. The Hall–Kier alpha value is -1.35. The largest absolute Gasteiger partial charge is 0.494 e. The molecule has 1 aromatic carbocycles. The van der Waals surface area contributed by atoms with Gasteiger partial charge in [-0.1, -0.05) is 18.2 Å². The van der Waals surface area contributed by atoms with Crippen LogP contribution in [0.5, 0.6) is 5.75 Å². The van der Waals surface area contributed by atoms with Crippen molar-refractivity contribution in [3.05, 3.63) is 45.9 Å². The molecule has 0 aliphatic heterocycles. The van der Waals surface area contributed by atoms with Crippen LogP contribution < -0.4 is 15.4 Å². The number of para-hydroxylation sites is 1. The first kappa shape index (κ1) is 22.7. The number of hydrogen-bond donors (Lipinski definition) is 2. The van der Waals surface area contributed by atoms with Crippen LogP contribution in [0.3, 0.4) is 0 Å². The summed E-state index contributed by atoms with van der Waals surface area (Å²) in [6.07, 6.45) is 2.05. The SMILES string of the molecule is CCNC(=NCc1sc(C)nc1C)NCCCCOc1ccccc1.I. The van der Waals surface area contributed by atoms with Gasteiger partial charge in [0.15, 0.2) is 5.96 Å². The normalized spacial score (nSPS) is 11.0. The van der Waals surface area contributed by atoms with Gasteiger partial charge < -0.3 is 15.4 Å². The number of ether oxygens (including phenoxy) is 1. The standard InChI is InChI=1S/C19H28N4OS.HI/c1-4-20-19(22-14-18-15(2)23-16(3)25-18)21-12-8-9-13-24-17-10-6-5-7-11-17;/h5-7,10-11H,4,8-9,12-14H2,1-3H3,(H2,20,21,22);1H. The maximum atomic E-state index is 5.70. The number of thiazole rings is 1. The van der Waals surface area contributed by atoms with Gasteiger partial charge in [-0.25, -0.2) is 9.98 Å². The number of benzene rings is 1. The fourth-order valence-corrected chi connectivity index (χ4v) is 3.21. The number of aryl methyl sites for hydroxylation is 2. The molecule has 2 N–H and O–H groups in total. The molecule has 1 heterocycles. The molecule has 2 aromatic rings. The summed E-state index contributed by atoms with van der Waals surface area (Å²) in [6.45, 7) is 9.29. The number of aromatic nitrogens is 1. The molecule has 0 unspecified atom stereocenters. The highest BCUT2D eigenvalue weighted by molar-refractivity contribution is 14.0. The van der Waals surface area contributed by atoms with Gasteiger partial charge >= 0.3 is 0 Å². The van der Waals surface area contributed by atoms with E-state index < -0.39 is 0 Å². The van der Waals surface area contributed by atoms with Gasteiger partial charge in [0.25, 0.3) is 0 Å². The lowest BCUT2D eigenvalue weighted by molar-refractivity contribution is 0.307. The summed E-state index contributed by atoms with van der Waals surface area (Å²) in [7, 11) is 0. The summed E-state index contributed by atoms with van der Waals surface area (Å²) in [5, 5.41) is 7.77. The molecule has 7 heteroatoms. The average Bonchev–Trinajstić information content (AvgIpc) is 2.94. The Morgan fingerprint density at radius 3 is 2.58 bits per heavy atom. The number of hydrogen-bond acceptors (Lipinski definition) is 4. The Morgan fingerprint density at radius 2 is 1.92 bits per heavy atom. The number of nitrogens with zero attached hydrogens (tertiary/aromatic N) is 2. The Bertz CT molecular complexity index is 661. The lowest BCUT2D eigenvalue weighted by Gasteiger charge is -2.11. The average molecular weight is 488 g/mol. The summed E-state index contributed by atoms with van der Waals surface area (Å²) < 4.78 is 5.70. The first-order valence-corrected chi connectivity index (χ1v) is 9.63. The van der Waals surface area contributed by atoms with Gasteiger partial charge in [0.05, 0.1) is 23.9 Å². The van der Waals surface area contributed by atoms with Crippen molar-refractivity contribution >= 4 is 41.3 Å². The molecule has 0 saturated heterocycles. The van der Waals surface area contributed by atoms with Crippen LogP contribution in [0.2, 0.25) is 0 Å². The first-order valence-electron chi connectivity index (χ1n) is 8.82. The molecule has 0 bridgehead atoms. The number of halogens is 1. The van der Waals surface area contributed by atoms with E-state index in [1.807, 2.05) is 44.2 Å². The Balaban J connectivity index is 0.00000338. The number of aliphatic imine (C=N–C) groups is 1. The molecule has 26 heavy (non-hydrogen) atoms. The number of rotatable bonds is 9. The second kappa shape index (κ2) is 12.9. The number of unbranched alkanes of at least 4 members (excludes halogenated alkanes) is 1. The smallest absolute Gasteiger partial charge is 0.191 e. The Morgan fingerprint density at radius 1 is 1.15 bits per heavy atom. The van der Waals surface area contributed by atoms with Crippen molar-refractivity contribution in [3.63, 3.8) is 0 Å². The molecule has 0 spiro atoms. The summed E-state index contributed by atoms with van der Waals surface area (Å²) >= 11 is 1.72. The van der Waals surface area contributed by atoms with Crippen LogP contribution in [-0.2, 0) is 6.54 Å². The molecule has 0 saturated carbocycles. The van der Waals surface area contributed by atoms with E-state index in [9.17, 15) is 0 Å². The van der Waals surface area contributed by atoms with Crippen molar-refractivity contribution in [2.75, 3.05) is 19.7 Å². The maximum absolute atomic E-state index is 5.70. The van der Waals surface area contributed by atoms with Crippen molar-refractivity contribution in [1.82, 2.24) is 15.6 Å². The van der Waals surface area contributed by atoms with E-state index in [1.54, 1.807) is 11.3 Å². The van der Waals surface area contributed by atoms with E-state index in [-0.39, 0.29) is 24.0 Å². The van der Waals surface area contributed by atoms with Crippen LogP contribution in [0.4, 0.5) is 0 Å². The van der Waals surface area contributed by atoms with E-state index in [1.165, 1.54) is 4.88 Å². The molecular weight excluding hydrogens is 459 g/mol. The van der Waals surface area contributed by atoms with Gasteiger partial charge in [0.1, 0.15) is 5.75 Å². The van der Waals surface area contributed by atoms with Crippen molar-refractivity contribution in [1.29, 1.82) is 0 Å². The second-order valence-electron chi connectivity index (χ2n) is 5.73. The molecule has 144 valence electrons. The second-order valence-corrected chi connectivity index (χ2v) is 7.02. The first-order chi connectivity index (χ1) is 12.2. The van der Waals surface area contributed by atoms with Crippen LogP contribution in [-0.4, -0.2) is 30.6 Å². The van der Waals surface area contributed by atoms with Gasteiger partial charge in [-0.2, -0.15) is 0 Å². The molecule has 0 atom stereocenters. The third-order valence-corrected chi connectivity index (χ3v) is 4.66. The van der Waals surface area contributed by atoms with Gasteiger partial charge in [-0.15, -0.1) is 35.3 Å². The quantitative estimate of drug-likeness (QED) is 0.239. The third-order valence-electron chi connectivity index (χ3n) is 3.60. The van der Waals surface area contributed by atoms with Crippen molar-refractivity contribution in [3.8, 4) is 5.75 Å². The van der Waals surface area contributed by atoms with Gasteiger partial charge in [-0.05, 0) is 45.7 Å². The predicted molar refractivity (Wildman–Crippen MR) is 121 cm³/mol. The van der Waals surface area contributed by atoms with E-state index in [0.29, 0.717) is 6.54 Å². The lowest BCUT2D eigenvalue weighted by Crippen LogP contribution is -2.37. The number of guanidine groups is 1. The zero-order chi connectivity index (χ0) is 17.9. The molecule has 0 radical (unpaired) electrons. The third kappa shape index (κ3) is 8.35. The summed E-state index contributed by atoms with van der Waals surface area (Å²) in [5.41, 5.74) is 1.08. The zero-order valence-electron chi connectivity index (χ0n) is 15.7. The minimum absolute atomic E-state index is 0. The molecule has 2 rings (SSSR count). The highest BCUT2D eigenvalue weighted by Crippen LogP contribution is 2.17. The summed E-state index contributed by atoms with van der Waals surface area (Å²) in [4.78, 5) is 10.3. The zero-order valence-corrected chi connectivity index (χ0v) is 18.9. The number of nitrogens with one attached hydrogen (secondary N) is 2. The summed E-state index contributed by atoms with van der Waals surface area (Å²) in [5.74, 6) is 1.79. The predicted octanol–water partition coefficient (Wildman–Crippen LogP) is 4.29. The topological polar surface area (TPSA) is 58.5 Å².